The summed E-state index contributed by atoms with van der Waals surface area (Å²) < 4.78 is 1.48. The number of primary amides is 1. The minimum atomic E-state index is -0.536. The van der Waals surface area contributed by atoms with Gasteiger partial charge in [0.05, 0.1) is 5.69 Å². The highest BCUT2D eigenvalue weighted by atomic mass is 16.2. The van der Waals surface area contributed by atoms with Crippen LogP contribution < -0.4 is 11.1 Å². The van der Waals surface area contributed by atoms with Crippen LogP contribution in [0.5, 0.6) is 0 Å². The van der Waals surface area contributed by atoms with Gasteiger partial charge in [-0.15, -0.1) is 5.10 Å². The van der Waals surface area contributed by atoms with Gasteiger partial charge in [-0.1, -0.05) is 6.07 Å². The van der Waals surface area contributed by atoms with Crippen LogP contribution in [-0.4, -0.2) is 32.0 Å². The largest absolute Gasteiger partial charge is 0.366 e. The second-order valence-electron chi connectivity index (χ2n) is 4.70. The lowest BCUT2D eigenvalue weighted by molar-refractivity contribution is 0.0995. The second-order valence-corrected chi connectivity index (χ2v) is 4.70. The standard InChI is InChI=1S/C15H12N6O2/c16-14(22)10-4-6-11(7-5-10)15(23)18-12-2-1-3-13(8-12)21-9-17-19-20-21/h1-9H,(H2,16,22)(H,18,23). The van der Waals surface area contributed by atoms with E-state index in [2.05, 4.69) is 20.8 Å². The zero-order valence-electron chi connectivity index (χ0n) is 11.9. The molecule has 0 atom stereocenters. The zero-order chi connectivity index (χ0) is 16.2. The maximum atomic E-state index is 12.2. The van der Waals surface area contributed by atoms with Crippen LogP contribution in [0.3, 0.4) is 0 Å². The van der Waals surface area contributed by atoms with Crippen LogP contribution in [0.25, 0.3) is 5.69 Å². The molecule has 0 spiro atoms. The number of tetrazole rings is 1. The molecule has 8 heteroatoms. The third-order valence-electron chi connectivity index (χ3n) is 3.15. The average molecular weight is 308 g/mol. The molecule has 0 saturated heterocycles. The number of aromatic nitrogens is 4. The third kappa shape index (κ3) is 3.21. The van der Waals surface area contributed by atoms with E-state index in [0.29, 0.717) is 16.8 Å². The molecule has 1 aromatic heterocycles. The molecule has 0 aliphatic rings. The molecule has 0 aliphatic carbocycles. The normalized spacial score (nSPS) is 10.3. The Bertz CT molecular complexity index is 843. The summed E-state index contributed by atoms with van der Waals surface area (Å²) in [4.78, 5) is 23.2. The summed E-state index contributed by atoms with van der Waals surface area (Å²) >= 11 is 0. The Hall–Kier alpha value is -3.55. The SMILES string of the molecule is NC(=O)c1ccc(C(=O)Nc2cccc(-n3cnnn3)c2)cc1. The molecule has 0 unspecified atom stereocenters. The minimum Gasteiger partial charge on any atom is -0.366 e. The van der Waals surface area contributed by atoms with Crippen LogP contribution in [0.1, 0.15) is 20.7 Å². The minimum absolute atomic E-state index is 0.296. The summed E-state index contributed by atoms with van der Waals surface area (Å²) in [5.74, 6) is -0.832. The molecule has 3 rings (SSSR count). The molecular formula is C15H12N6O2. The first kappa shape index (κ1) is 14.4. The van der Waals surface area contributed by atoms with E-state index in [4.69, 9.17) is 5.73 Å². The van der Waals surface area contributed by atoms with Crippen molar-refractivity contribution in [2.24, 2.45) is 5.73 Å². The Morgan fingerprint density at radius 2 is 1.78 bits per heavy atom. The Balaban J connectivity index is 1.77. The summed E-state index contributed by atoms with van der Waals surface area (Å²) in [5, 5.41) is 13.7. The number of amides is 2. The van der Waals surface area contributed by atoms with Crippen LogP contribution in [0.2, 0.25) is 0 Å². The molecule has 0 saturated carbocycles. The molecule has 114 valence electrons. The van der Waals surface area contributed by atoms with Gasteiger partial charge in [0, 0.05) is 16.8 Å². The van der Waals surface area contributed by atoms with Crippen molar-refractivity contribution in [3.8, 4) is 5.69 Å². The fourth-order valence-electron chi connectivity index (χ4n) is 1.99. The van der Waals surface area contributed by atoms with Gasteiger partial charge in [0.25, 0.3) is 5.91 Å². The van der Waals surface area contributed by atoms with Crippen LogP contribution >= 0.6 is 0 Å². The number of hydrogen-bond donors (Lipinski definition) is 2. The topological polar surface area (TPSA) is 116 Å². The number of hydrogen-bond acceptors (Lipinski definition) is 5. The van der Waals surface area contributed by atoms with E-state index in [1.54, 1.807) is 30.3 Å². The first-order valence-electron chi connectivity index (χ1n) is 6.68. The van der Waals surface area contributed by atoms with Crippen LogP contribution in [0.15, 0.2) is 54.9 Å². The molecule has 0 bridgehead atoms. The number of benzene rings is 2. The zero-order valence-corrected chi connectivity index (χ0v) is 11.9. The van der Waals surface area contributed by atoms with E-state index in [9.17, 15) is 9.59 Å². The summed E-state index contributed by atoms with van der Waals surface area (Å²) in [6, 6.07) is 13.2. The average Bonchev–Trinajstić information content (AvgIpc) is 3.10. The van der Waals surface area contributed by atoms with Crippen LogP contribution in [-0.2, 0) is 0 Å². The first-order valence-corrected chi connectivity index (χ1v) is 6.68. The van der Waals surface area contributed by atoms with Gasteiger partial charge >= 0.3 is 0 Å². The van der Waals surface area contributed by atoms with Crippen LogP contribution in [0.4, 0.5) is 5.69 Å². The number of rotatable bonds is 4. The second kappa shape index (κ2) is 6.06. The van der Waals surface area contributed by atoms with E-state index >= 15 is 0 Å². The molecular weight excluding hydrogens is 296 g/mol. The molecule has 3 N–H and O–H groups in total. The highest BCUT2D eigenvalue weighted by molar-refractivity contribution is 6.05. The summed E-state index contributed by atoms with van der Waals surface area (Å²) in [6.45, 7) is 0. The van der Waals surface area contributed by atoms with Crippen molar-refractivity contribution in [3.05, 3.63) is 66.0 Å². The maximum absolute atomic E-state index is 12.2. The number of carbonyl (C=O) groups is 2. The van der Waals surface area contributed by atoms with E-state index in [-0.39, 0.29) is 5.91 Å². The van der Waals surface area contributed by atoms with Gasteiger partial charge in [0.15, 0.2) is 0 Å². The first-order chi connectivity index (χ1) is 11.1. The monoisotopic (exact) mass is 308 g/mol. The Morgan fingerprint density at radius 3 is 2.43 bits per heavy atom. The summed E-state index contributed by atoms with van der Waals surface area (Å²) in [6.07, 6.45) is 1.46. The molecule has 0 aliphatic heterocycles. The van der Waals surface area contributed by atoms with E-state index in [0.717, 1.165) is 5.69 Å². The third-order valence-corrected chi connectivity index (χ3v) is 3.15. The molecule has 2 aromatic carbocycles. The van der Waals surface area contributed by atoms with Gasteiger partial charge < -0.3 is 11.1 Å². The van der Waals surface area contributed by atoms with Crippen molar-refractivity contribution in [2.75, 3.05) is 5.32 Å². The lowest BCUT2D eigenvalue weighted by Gasteiger charge is -2.07. The lowest BCUT2D eigenvalue weighted by Crippen LogP contribution is -2.14. The predicted octanol–water partition coefficient (Wildman–Crippen LogP) is 1.01. The smallest absolute Gasteiger partial charge is 0.255 e. The molecule has 3 aromatic rings. The van der Waals surface area contributed by atoms with Crippen molar-refractivity contribution in [2.45, 2.75) is 0 Å². The van der Waals surface area contributed by atoms with Gasteiger partial charge in [0.1, 0.15) is 6.33 Å². The van der Waals surface area contributed by atoms with E-state index in [1.807, 2.05) is 6.07 Å². The Labute approximate surface area is 130 Å². The number of nitrogens with two attached hydrogens (primary N) is 1. The fraction of sp³-hybridized carbons (Fsp3) is 0. The number of carbonyl (C=O) groups excluding carboxylic acids is 2. The van der Waals surface area contributed by atoms with Crippen molar-refractivity contribution >= 4 is 17.5 Å². The van der Waals surface area contributed by atoms with Gasteiger partial charge in [-0.05, 0) is 52.9 Å². The molecule has 8 nitrogen and oxygen atoms in total. The molecule has 23 heavy (non-hydrogen) atoms. The van der Waals surface area contributed by atoms with Crippen molar-refractivity contribution in [1.82, 2.24) is 20.2 Å². The summed E-state index contributed by atoms with van der Waals surface area (Å²) in [5.41, 5.74) is 7.26. The Kier molecular flexibility index (Phi) is 3.79. The Morgan fingerprint density at radius 1 is 1.04 bits per heavy atom. The van der Waals surface area contributed by atoms with Crippen molar-refractivity contribution in [1.29, 1.82) is 0 Å². The number of nitrogens with one attached hydrogen (secondary N) is 1. The van der Waals surface area contributed by atoms with Gasteiger partial charge in [-0.2, -0.15) is 0 Å². The van der Waals surface area contributed by atoms with E-state index in [1.165, 1.54) is 23.1 Å². The van der Waals surface area contributed by atoms with Crippen LogP contribution in [0, 0.1) is 0 Å². The van der Waals surface area contributed by atoms with Gasteiger partial charge in [-0.3, -0.25) is 9.59 Å². The van der Waals surface area contributed by atoms with E-state index < -0.39 is 5.91 Å². The van der Waals surface area contributed by atoms with Gasteiger partial charge in [0.2, 0.25) is 5.91 Å². The highest BCUT2D eigenvalue weighted by Gasteiger charge is 2.08. The number of nitrogens with zero attached hydrogens (tertiary/aromatic N) is 4. The van der Waals surface area contributed by atoms with Crippen molar-refractivity contribution < 1.29 is 9.59 Å². The molecule has 0 radical (unpaired) electrons. The fourth-order valence-corrected chi connectivity index (χ4v) is 1.99. The predicted molar refractivity (Wildman–Crippen MR) is 82.1 cm³/mol. The maximum Gasteiger partial charge on any atom is 0.255 e. The lowest BCUT2D eigenvalue weighted by atomic mass is 10.1. The number of anilines is 1. The molecule has 0 fully saturated rings. The van der Waals surface area contributed by atoms with Gasteiger partial charge in [-0.25, -0.2) is 4.68 Å². The quantitative estimate of drug-likeness (QED) is 0.746. The molecule has 2 amide bonds. The highest BCUT2D eigenvalue weighted by Crippen LogP contribution is 2.15. The summed E-state index contributed by atoms with van der Waals surface area (Å²) in [7, 11) is 0. The molecule has 1 heterocycles. The van der Waals surface area contributed by atoms with Crippen molar-refractivity contribution in [3.63, 3.8) is 0 Å².